The highest BCUT2D eigenvalue weighted by atomic mass is 15.3. The highest BCUT2D eigenvalue weighted by molar-refractivity contribution is 5.49. The van der Waals surface area contributed by atoms with Gasteiger partial charge < -0.3 is 10.2 Å². The van der Waals surface area contributed by atoms with Gasteiger partial charge in [0.1, 0.15) is 17.5 Å². The van der Waals surface area contributed by atoms with Crippen LogP contribution in [0, 0.1) is 0 Å². The fourth-order valence-electron chi connectivity index (χ4n) is 2.60. The smallest absolute Gasteiger partial charge is 0.134 e. The summed E-state index contributed by atoms with van der Waals surface area (Å²) in [4.78, 5) is 14.0. The van der Waals surface area contributed by atoms with Gasteiger partial charge in [-0.1, -0.05) is 13.8 Å². The molecule has 0 bridgehead atoms. The largest absolute Gasteiger partial charge is 0.373 e. The normalized spacial score (nSPS) is 20.6. The zero-order valence-corrected chi connectivity index (χ0v) is 12.5. The van der Waals surface area contributed by atoms with Crippen LogP contribution in [0.15, 0.2) is 6.07 Å². The molecule has 5 heteroatoms. The van der Waals surface area contributed by atoms with E-state index in [0.717, 1.165) is 50.1 Å². The zero-order chi connectivity index (χ0) is 13.8. The molecule has 106 valence electrons. The summed E-state index contributed by atoms with van der Waals surface area (Å²) >= 11 is 0. The van der Waals surface area contributed by atoms with E-state index in [1.165, 1.54) is 0 Å². The summed E-state index contributed by atoms with van der Waals surface area (Å²) in [7, 11) is 1.91. The summed E-state index contributed by atoms with van der Waals surface area (Å²) in [6, 6.07) is 2.63. The fraction of sp³-hybridized carbons (Fsp3) is 0.714. The first kappa shape index (κ1) is 14.1. The number of nitrogens with zero attached hydrogens (tertiary/aromatic N) is 4. The van der Waals surface area contributed by atoms with Gasteiger partial charge in [0.25, 0.3) is 0 Å². The van der Waals surface area contributed by atoms with E-state index < -0.39 is 0 Å². The second kappa shape index (κ2) is 6.19. The monoisotopic (exact) mass is 263 g/mol. The summed E-state index contributed by atoms with van der Waals surface area (Å²) in [5.41, 5.74) is 0. The second-order valence-electron chi connectivity index (χ2n) is 5.05. The van der Waals surface area contributed by atoms with E-state index in [1.54, 1.807) is 0 Å². The molecule has 1 atom stereocenters. The van der Waals surface area contributed by atoms with Crippen molar-refractivity contribution in [2.24, 2.45) is 0 Å². The molecule has 19 heavy (non-hydrogen) atoms. The summed E-state index contributed by atoms with van der Waals surface area (Å²) in [5.74, 6) is 2.87. The Morgan fingerprint density at radius 1 is 1.32 bits per heavy atom. The number of aromatic nitrogens is 2. The molecule has 1 unspecified atom stereocenters. The van der Waals surface area contributed by atoms with Crippen LogP contribution in [-0.2, 0) is 6.42 Å². The number of nitrogens with one attached hydrogen (secondary N) is 1. The van der Waals surface area contributed by atoms with Crippen LogP contribution in [0.5, 0.6) is 0 Å². The number of piperazine rings is 1. The average Bonchev–Trinajstić information content (AvgIpc) is 2.46. The summed E-state index contributed by atoms with van der Waals surface area (Å²) in [6.07, 6.45) is 0.868. The topological polar surface area (TPSA) is 44.3 Å². The molecule has 1 aliphatic heterocycles. The Morgan fingerprint density at radius 2 is 2.11 bits per heavy atom. The average molecular weight is 263 g/mol. The van der Waals surface area contributed by atoms with Crippen molar-refractivity contribution in [3.63, 3.8) is 0 Å². The summed E-state index contributed by atoms with van der Waals surface area (Å²) < 4.78 is 0. The number of aryl methyl sites for hydroxylation is 1. The quantitative estimate of drug-likeness (QED) is 0.894. The molecule has 0 aromatic carbocycles. The first-order valence-electron chi connectivity index (χ1n) is 7.22. The SMILES string of the molecule is CCc1nc(NC)cc(N2CCN(CC)C(C)C2)n1. The molecular formula is C14H25N5. The van der Waals surface area contributed by atoms with Crippen molar-refractivity contribution in [2.45, 2.75) is 33.2 Å². The molecule has 0 amide bonds. The van der Waals surface area contributed by atoms with E-state index in [2.05, 4.69) is 45.9 Å². The van der Waals surface area contributed by atoms with Gasteiger partial charge in [-0.3, -0.25) is 4.90 Å². The van der Waals surface area contributed by atoms with Crippen LogP contribution in [0.4, 0.5) is 11.6 Å². The van der Waals surface area contributed by atoms with E-state index in [1.807, 2.05) is 13.1 Å². The molecule has 1 N–H and O–H groups in total. The van der Waals surface area contributed by atoms with Gasteiger partial charge in [0.2, 0.25) is 0 Å². The van der Waals surface area contributed by atoms with Crippen molar-refractivity contribution in [3.8, 4) is 0 Å². The lowest BCUT2D eigenvalue weighted by atomic mass is 10.2. The Labute approximate surface area is 116 Å². The lowest BCUT2D eigenvalue weighted by molar-refractivity contribution is 0.199. The minimum Gasteiger partial charge on any atom is -0.373 e. The van der Waals surface area contributed by atoms with Crippen LogP contribution in [0.2, 0.25) is 0 Å². The van der Waals surface area contributed by atoms with E-state index >= 15 is 0 Å². The molecular weight excluding hydrogens is 238 g/mol. The minimum atomic E-state index is 0.580. The lowest BCUT2D eigenvalue weighted by Crippen LogP contribution is -2.52. The van der Waals surface area contributed by atoms with Crippen molar-refractivity contribution in [3.05, 3.63) is 11.9 Å². The van der Waals surface area contributed by atoms with Crippen LogP contribution in [0.25, 0.3) is 0 Å². The van der Waals surface area contributed by atoms with Crippen molar-refractivity contribution in [1.82, 2.24) is 14.9 Å². The fourth-order valence-corrected chi connectivity index (χ4v) is 2.60. The summed E-state index contributed by atoms with van der Waals surface area (Å²) in [6.45, 7) is 10.9. The van der Waals surface area contributed by atoms with Crippen LogP contribution in [-0.4, -0.2) is 54.1 Å². The number of hydrogen-bond donors (Lipinski definition) is 1. The molecule has 0 spiro atoms. The van der Waals surface area contributed by atoms with Crippen molar-refractivity contribution in [1.29, 1.82) is 0 Å². The highest BCUT2D eigenvalue weighted by Crippen LogP contribution is 2.20. The minimum absolute atomic E-state index is 0.580. The second-order valence-corrected chi connectivity index (χ2v) is 5.05. The Balaban J connectivity index is 2.18. The van der Waals surface area contributed by atoms with Crippen molar-refractivity contribution in [2.75, 3.05) is 43.4 Å². The Morgan fingerprint density at radius 3 is 2.68 bits per heavy atom. The molecule has 2 rings (SSSR count). The maximum Gasteiger partial charge on any atom is 0.134 e. The van der Waals surface area contributed by atoms with E-state index in [-0.39, 0.29) is 0 Å². The van der Waals surface area contributed by atoms with Crippen molar-refractivity contribution >= 4 is 11.6 Å². The molecule has 0 saturated carbocycles. The van der Waals surface area contributed by atoms with Gasteiger partial charge in [0.15, 0.2) is 0 Å². The predicted molar refractivity (Wildman–Crippen MR) is 79.9 cm³/mol. The predicted octanol–water partition coefficient (Wildman–Crippen LogP) is 1.61. The van der Waals surface area contributed by atoms with Crippen LogP contribution >= 0.6 is 0 Å². The Kier molecular flexibility index (Phi) is 4.58. The summed E-state index contributed by atoms with van der Waals surface area (Å²) in [5, 5.41) is 3.12. The lowest BCUT2D eigenvalue weighted by Gasteiger charge is -2.40. The third kappa shape index (κ3) is 3.15. The highest BCUT2D eigenvalue weighted by Gasteiger charge is 2.23. The van der Waals surface area contributed by atoms with Gasteiger partial charge in [-0.25, -0.2) is 9.97 Å². The van der Waals surface area contributed by atoms with E-state index in [9.17, 15) is 0 Å². The Hall–Kier alpha value is -1.36. The zero-order valence-electron chi connectivity index (χ0n) is 12.5. The molecule has 1 fully saturated rings. The standard InChI is InChI=1S/C14H25N5/c1-5-12-16-13(15-4)9-14(17-12)19-8-7-18(6-2)11(3)10-19/h9,11H,5-8,10H2,1-4H3,(H,15,16,17). The van der Waals surface area contributed by atoms with E-state index in [4.69, 9.17) is 0 Å². The van der Waals surface area contributed by atoms with Gasteiger partial charge in [-0.15, -0.1) is 0 Å². The third-order valence-electron chi connectivity index (χ3n) is 3.83. The van der Waals surface area contributed by atoms with Gasteiger partial charge in [0, 0.05) is 45.2 Å². The Bertz CT molecular complexity index is 398. The van der Waals surface area contributed by atoms with Gasteiger partial charge >= 0.3 is 0 Å². The van der Waals surface area contributed by atoms with Crippen LogP contribution in [0.3, 0.4) is 0 Å². The van der Waals surface area contributed by atoms with Gasteiger partial charge in [-0.2, -0.15) is 0 Å². The number of rotatable bonds is 4. The van der Waals surface area contributed by atoms with Crippen LogP contribution < -0.4 is 10.2 Å². The molecule has 1 aliphatic rings. The maximum atomic E-state index is 4.67. The van der Waals surface area contributed by atoms with Crippen LogP contribution in [0.1, 0.15) is 26.6 Å². The molecule has 1 aromatic heterocycles. The van der Waals surface area contributed by atoms with Gasteiger partial charge in [0.05, 0.1) is 0 Å². The first-order valence-corrected chi connectivity index (χ1v) is 7.22. The number of anilines is 2. The molecule has 1 saturated heterocycles. The van der Waals surface area contributed by atoms with Crippen molar-refractivity contribution < 1.29 is 0 Å². The third-order valence-corrected chi connectivity index (χ3v) is 3.83. The molecule has 5 nitrogen and oxygen atoms in total. The molecule has 2 heterocycles. The maximum absolute atomic E-state index is 4.67. The first-order chi connectivity index (χ1) is 9.17. The number of hydrogen-bond acceptors (Lipinski definition) is 5. The molecule has 1 aromatic rings. The van der Waals surface area contributed by atoms with E-state index in [0.29, 0.717) is 6.04 Å². The van der Waals surface area contributed by atoms with Gasteiger partial charge in [-0.05, 0) is 13.5 Å². The molecule has 0 radical (unpaired) electrons. The number of likely N-dealkylation sites (N-methyl/N-ethyl adjacent to an activating group) is 1. The molecule has 0 aliphatic carbocycles.